The fourth-order valence-corrected chi connectivity index (χ4v) is 1.53. The van der Waals surface area contributed by atoms with Crippen LogP contribution in [0.3, 0.4) is 0 Å². The van der Waals surface area contributed by atoms with Crippen LogP contribution in [0.2, 0.25) is 5.02 Å². The van der Waals surface area contributed by atoms with Crippen LogP contribution in [0.4, 0.5) is 15.9 Å². The Bertz CT molecular complexity index is 604. The lowest BCUT2D eigenvalue weighted by atomic mass is 10.3. The van der Waals surface area contributed by atoms with Crippen molar-refractivity contribution < 1.29 is 14.3 Å². The summed E-state index contributed by atoms with van der Waals surface area (Å²) in [6.07, 6.45) is 0. The molecule has 0 unspecified atom stereocenters. The van der Waals surface area contributed by atoms with Gasteiger partial charge in [0.2, 0.25) is 0 Å². The zero-order valence-electron chi connectivity index (χ0n) is 9.02. The molecule has 18 heavy (non-hydrogen) atoms. The smallest absolute Gasteiger partial charge is 0.354 e. The Morgan fingerprint density at radius 1 is 1.33 bits per heavy atom. The fraction of sp³-hybridized carbons (Fsp3) is 0. The molecule has 92 valence electrons. The van der Waals surface area contributed by atoms with Crippen molar-refractivity contribution in [1.29, 1.82) is 0 Å². The van der Waals surface area contributed by atoms with Crippen LogP contribution in [0.5, 0.6) is 0 Å². The molecule has 0 aliphatic rings. The number of pyridine rings is 1. The molecule has 1 aromatic carbocycles. The lowest BCUT2D eigenvalue weighted by Gasteiger charge is -2.06. The number of hydrogen-bond donors (Lipinski definition) is 2. The van der Waals surface area contributed by atoms with Crippen molar-refractivity contribution in [2.24, 2.45) is 0 Å². The van der Waals surface area contributed by atoms with Crippen LogP contribution < -0.4 is 5.32 Å². The van der Waals surface area contributed by atoms with Gasteiger partial charge in [-0.15, -0.1) is 0 Å². The van der Waals surface area contributed by atoms with E-state index in [1.165, 1.54) is 24.3 Å². The molecule has 2 N–H and O–H groups in total. The lowest BCUT2D eigenvalue weighted by molar-refractivity contribution is 0.0690. The fourth-order valence-electron chi connectivity index (χ4n) is 1.35. The van der Waals surface area contributed by atoms with Crippen LogP contribution in [0.25, 0.3) is 0 Å². The highest BCUT2D eigenvalue weighted by Crippen LogP contribution is 2.21. The third-order valence-electron chi connectivity index (χ3n) is 2.16. The van der Waals surface area contributed by atoms with Crippen LogP contribution in [-0.4, -0.2) is 16.1 Å². The van der Waals surface area contributed by atoms with Gasteiger partial charge in [-0.05, 0) is 30.3 Å². The number of nitrogens with zero attached hydrogens (tertiary/aromatic N) is 1. The van der Waals surface area contributed by atoms with Crippen molar-refractivity contribution >= 4 is 29.1 Å². The van der Waals surface area contributed by atoms with Crippen molar-refractivity contribution in [3.63, 3.8) is 0 Å². The molecule has 6 heteroatoms. The van der Waals surface area contributed by atoms with E-state index in [1.54, 1.807) is 12.1 Å². The zero-order chi connectivity index (χ0) is 13.1. The van der Waals surface area contributed by atoms with Crippen LogP contribution in [0.15, 0.2) is 36.4 Å². The maximum Gasteiger partial charge on any atom is 0.354 e. The van der Waals surface area contributed by atoms with E-state index in [1.807, 2.05) is 0 Å². The number of aromatic carboxylic acids is 1. The molecular weight excluding hydrogens is 259 g/mol. The summed E-state index contributed by atoms with van der Waals surface area (Å²) in [5, 5.41) is 11.6. The minimum atomic E-state index is -1.12. The number of carbonyl (C=O) groups is 1. The first kappa shape index (κ1) is 12.3. The summed E-state index contributed by atoms with van der Waals surface area (Å²) in [7, 11) is 0. The SMILES string of the molecule is O=C(O)c1cccc(Nc2ccc(F)c(Cl)c2)n1. The van der Waals surface area contributed by atoms with Gasteiger partial charge in [-0.3, -0.25) is 0 Å². The molecule has 0 saturated carbocycles. The number of benzene rings is 1. The first-order valence-electron chi connectivity index (χ1n) is 4.98. The topological polar surface area (TPSA) is 62.2 Å². The van der Waals surface area contributed by atoms with E-state index in [2.05, 4.69) is 10.3 Å². The van der Waals surface area contributed by atoms with Gasteiger partial charge in [0.25, 0.3) is 0 Å². The molecule has 0 spiro atoms. The monoisotopic (exact) mass is 266 g/mol. The minimum Gasteiger partial charge on any atom is -0.477 e. The van der Waals surface area contributed by atoms with E-state index in [0.717, 1.165) is 0 Å². The Balaban J connectivity index is 2.25. The van der Waals surface area contributed by atoms with Crippen molar-refractivity contribution in [2.45, 2.75) is 0 Å². The van der Waals surface area contributed by atoms with Crippen molar-refractivity contribution in [1.82, 2.24) is 4.98 Å². The molecule has 1 heterocycles. The Morgan fingerprint density at radius 2 is 2.11 bits per heavy atom. The standard InChI is InChI=1S/C12H8ClFN2O2/c13-8-6-7(4-5-9(8)14)15-11-3-1-2-10(16-11)12(17)18/h1-6H,(H,15,16)(H,17,18). The van der Waals surface area contributed by atoms with E-state index in [9.17, 15) is 9.18 Å². The van der Waals surface area contributed by atoms with Gasteiger partial charge in [0.1, 0.15) is 11.6 Å². The van der Waals surface area contributed by atoms with Gasteiger partial charge in [0.05, 0.1) is 5.02 Å². The van der Waals surface area contributed by atoms with Crippen LogP contribution in [0.1, 0.15) is 10.5 Å². The molecule has 0 aliphatic carbocycles. The molecule has 2 rings (SSSR count). The first-order valence-corrected chi connectivity index (χ1v) is 5.36. The number of carboxylic acid groups (broad SMARTS) is 1. The summed E-state index contributed by atoms with van der Waals surface area (Å²) in [6, 6.07) is 8.63. The van der Waals surface area contributed by atoms with Gasteiger partial charge in [0, 0.05) is 5.69 Å². The lowest BCUT2D eigenvalue weighted by Crippen LogP contribution is -2.02. The third kappa shape index (κ3) is 2.75. The van der Waals surface area contributed by atoms with E-state index in [0.29, 0.717) is 11.5 Å². The summed E-state index contributed by atoms with van der Waals surface area (Å²) >= 11 is 5.63. The number of halogens is 2. The molecule has 0 atom stereocenters. The van der Waals surface area contributed by atoms with E-state index in [4.69, 9.17) is 16.7 Å². The van der Waals surface area contributed by atoms with Gasteiger partial charge in [-0.1, -0.05) is 17.7 Å². The normalized spacial score (nSPS) is 10.1. The highest BCUT2D eigenvalue weighted by atomic mass is 35.5. The van der Waals surface area contributed by atoms with E-state index in [-0.39, 0.29) is 10.7 Å². The molecule has 0 radical (unpaired) electrons. The molecule has 0 amide bonds. The van der Waals surface area contributed by atoms with Gasteiger partial charge >= 0.3 is 5.97 Å². The number of rotatable bonds is 3. The molecule has 0 bridgehead atoms. The predicted molar refractivity (Wildman–Crippen MR) is 65.9 cm³/mol. The molecule has 4 nitrogen and oxygen atoms in total. The molecular formula is C12H8ClFN2O2. The summed E-state index contributed by atoms with van der Waals surface area (Å²) in [5.41, 5.74) is 0.449. The maximum absolute atomic E-state index is 13.0. The van der Waals surface area contributed by atoms with Gasteiger partial charge < -0.3 is 10.4 Å². The number of nitrogens with one attached hydrogen (secondary N) is 1. The molecule has 0 saturated heterocycles. The molecule has 2 aromatic rings. The Kier molecular flexibility index (Phi) is 3.43. The highest BCUT2D eigenvalue weighted by molar-refractivity contribution is 6.31. The van der Waals surface area contributed by atoms with Crippen LogP contribution >= 0.6 is 11.6 Å². The van der Waals surface area contributed by atoms with Gasteiger partial charge in [0.15, 0.2) is 5.69 Å². The second-order valence-corrected chi connectivity index (χ2v) is 3.87. The third-order valence-corrected chi connectivity index (χ3v) is 2.45. The highest BCUT2D eigenvalue weighted by Gasteiger charge is 2.06. The number of carboxylic acids is 1. The van der Waals surface area contributed by atoms with E-state index < -0.39 is 11.8 Å². The van der Waals surface area contributed by atoms with Crippen LogP contribution in [0, 0.1) is 5.82 Å². The summed E-state index contributed by atoms with van der Waals surface area (Å²) in [5.74, 6) is -1.29. The summed E-state index contributed by atoms with van der Waals surface area (Å²) in [4.78, 5) is 14.6. The average Bonchev–Trinajstić information content (AvgIpc) is 2.34. The number of hydrogen-bond acceptors (Lipinski definition) is 3. The van der Waals surface area contributed by atoms with Gasteiger partial charge in [-0.2, -0.15) is 0 Å². The molecule has 0 aliphatic heterocycles. The second kappa shape index (κ2) is 5.01. The summed E-state index contributed by atoms with van der Waals surface area (Å²) in [6.45, 7) is 0. The van der Waals surface area contributed by atoms with E-state index >= 15 is 0 Å². The minimum absolute atomic E-state index is 0.0191. The van der Waals surface area contributed by atoms with Gasteiger partial charge in [-0.25, -0.2) is 14.2 Å². The first-order chi connectivity index (χ1) is 8.56. The second-order valence-electron chi connectivity index (χ2n) is 3.47. The Hall–Kier alpha value is -2.14. The average molecular weight is 267 g/mol. The quantitative estimate of drug-likeness (QED) is 0.895. The van der Waals surface area contributed by atoms with Crippen LogP contribution in [-0.2, 0) is 0 Å². The largest absolute Gasteiger partial charge is 0.477 e. The Morgan fingerprint density at radius 3 is 2.78 bits per heavy atom. The van der Waals surface area contributed by atoms with Crippen molar-refractivity contribution in [2.75, 3.05) is 5.32 Å². The number of aromatic nitrogens is 1. The maximum atomic E-state index is 13.0. The summed E-state index contributed by atoms with van der Waals surface area (Å²) < 4.78 is 13.0. The Labute approximate surface area is 107 Å². The zero-order valence-corrected chi connectivity index (χ0v) is 9.78. The molecule has 1 aromatic heterocycles. The molecule has 0 fully saturated rings. The number of anilines is 2. The van der Waals surface area contributed by atoms with Crippen molar-refractivity contribution in [3.05, 3.63) is 52.9 Å². The van der Waals surface area contributed by atoms with Crippen molar-refractivity contribution in [3.8, 4) is 0 Å². The predicted octanol–water partition coefficient (Wildman–Crippen LogP) is 3.32.